The lowest BCUT2D eigenvalue weighted by Gasteiger charge is -2.23. The lowest BCUT2D eigenvalue weighted by Crippen LogP contribution is -2.30. The van der Waals surface area contributed by atoms with Gasteiger partial charge >= 0.3 is 5.97 Å². The number of benzene rings is 1. The number of hydrogen-bond donors (Lipinski definition) is 0. The number of esters is 1. The molecule has 130 valence electrons. The van der Waals surface area contributed by atoms with Crippen LogP contribution in [0.2, 0.25) is 0 Å². The average molecular weight is 357 g/mol. The van der Waals surface area contributed by atoms with Crippen LogP contribution in [0.1, 0.15) is 44.5 Å². The van der Waals surface area contributed by atoms with Crippen molar-refractivity contribution in [1.29, 1.82) is 0 Å². The summed E-state index contributed by atoms with van der Waals surface area (Å²) in [6.45, 7) is 6.83. The first kappa shape index (κ1) is 19.9. The summed E-state index contributed by atoms with van der Waals surface area (Å²) in [7, 11) is 0. The third-order valence-corrected chi connectivity index (χ3v) is 4.07. The molecule has 24 heavy (non-hydrogen) atoms. The average Bonchev–Trinajstić information content (AvgIpc) is 2.44. The number of ether oxygens (including phenoxy) is 1. The number of azide groups is 1. The Bertz CT molecular complexity index is 698. The highest BCUT2D eigenvalue weighted by molar-refractivity contribution is 8.00. The van der Waals surface area contributed by atoms with Crippen molar-refractivity contribution in [1.82, 2.24) is 0 Å². The highest BCUT2D eigenvalue weighted by Gasteiger charge is 2.26. The minimum absolute atomic E-state index is 0.106. The zero-order valence-corrected chi connectivity index (χ0v) is 14.5. The van der Waals surface area contributed by atoms with Crippen molar-refractivity contribution in [3.63, 3.8) is 0 Å². The maximum Gasteiger partial charge on any atom is 0.319 e. The summed E-state index contributed by atoms with van der Waals surface area (Å²) in [6.07, 6.45) is 0.343. The van der Waals surface area contributed by atoms with Gasteiger partial charge in [0.1, 0.15) is 22.5 Å². The van der Waals surface area contributed by atoms with Crippen LogP contribution in [0.15, 0.2) is 22.1 Å². The molecule has 0 bridgehead atoms. The number of thioether (sulfide) groups is 1. The van der Waals surface area contributed by atoms with Gasteiger partial charge in [0.05, 0.1) is 5.56 Å². The van der Waals surface area contributed by atoms with E-state index in [0.717, 1.165) is 17.8 Å². The number of hydrogen-bond acceptors (Lipinski definition) is 4. The summed E-state index contributed by atoms with van der Waals surface area (Å²) in [5.74, 6) is -3.76. The van der Waals surface area contributed by atoms with Crippen LogP contribution in [0.3, 0.4) is 0 Å². The van der Waals surface area contributed by atoms with Gasteiger partial charge in [0, 0.05) is 15.9 Å². The highest BCUT2D eigenvalue weighted by Crippen LogP contribution is 2.31. The molecule has 1 aromatic rings. The Morgan fingerprint density at radius 2 is 1.96 bits per heavy atom. The summed E-state index contributed by atoms with van der Waals surface area (Å²) < 4.78 is 32.9. The van der Waals surface area contributed by atoms with E-state index in [9.17, 15) is 18.4 Å². The molecule has 0 saturated carbocycles. The lowest BCUT2D eigenvalue weighted by molar-refractivity contribution is -0.154. The highest BCUT2D eigenvalue weighted by atomic mass is 32.2. The Labute approximate surface area is 142 Å². The molecule has 0 aliphatic rings. The molecule has 0 heterocycles. The van der Waals surface area contributed by atoms with E-state index in [2.05, 4.69) is 10.0 Å². The van der Waals surface area contributed by atoms with Crippen LogP contribution in [-0.2, 0) is 9.53 Å². The molecule has 0 N–H and O–H groups in total. The number of carbonyl (C=O) groups excluding carboxylic acids is 2. The Balaban J connectivity index is 3.12. The number of rotatable bonds is 5. The largest absolute Gasteiger partial charge is 0.459 e. The fourth-order valence-electron chi connectivity index (χ4n) is 1.70. The number of nitrogens with zero attached hydrogens (tertiary/aromatic N) is 3. The van der Waals surface area contributed by atoms with Crippen molar-refractivity contribution in [3.05, 3.63) is 39.8 Å². The van der Waals surface area contributed by atoms with Gasteiger partial charge in [-0.25, -0.2) is 8.78 Å². The Morgan fingerprint density at radius 1 is 1.33 bits per heavy atom. The maximum absolute atomic E-state index is 14.0. The van der Waals surface area contributed by atoms with Gasteiger partial charge in [-0.05, 0) is 43.9 Å². The molecule has 6 nitrogen and oxygen atoms in total. The van der Waals surface area contributed by atoms with E-state index < -0.39 is 39.9 Å². The molecule has 0 saturated heterocycles. The van der Waals surface area contributed by atoms with E-state index >= 15 is 0 Å². The number of amides is 1. The molecule has 1 rings (SSSR count). The van der Waals surface area contributed by atoms with Gasteiger partial charge in [0.25, 0.3) is 5.91 Å². The summed E-state index contributed by atoms with van der Waals surface area (Å²) in [5.41, 5.74) is 6.99. The number of carbonyl (C=O) groups is 2. The van der Waals surface area contributed by atoms with Gasteiger partial charge in [0.15, 0.2) is 0 Å². The van der Waals surface area contributed by atoms with E-state index in [0.29, 0.717) is 12.5 Å². The second-order valence-electron chi connectivity index (χ2n) is 5.81. The van der Waals surface area contributed by atoms with Crippen LogP contribution >= 0.6 is 11.8 Å². The zero-order chi connectivity index (χ0) is 18.5. The van der Waals surface area contributed by atoms with Gasteiger partial charge < -0.3 is 4.74 Å². The fraction of sp³-hybridized carbons (Fsp3) is 0.467. The molecule has 0 aliphatic heterocycles. The predicted octanol–water partition coefficient (Wildman–Crippen LogP) is 4.63. The van der Waals surface area contributed by atoms with Gasteiger partial charge in [0.2, 0.25) is 0 Å². The van der Waals surface area contributed by atoms with Crippen LogP contribution in [0.4, 0.5) is 8.78 Å². The van der Waals surface area contributed by atoms with E-state index in [1.807, 2.05) is 0 Å². The molecular formula is C15H17F2N3O3S. The summed E-state index contributed by atoms with van der Waals surface area (Å²) in [4.78, 5) is 25.8. The first-order valence-electron chi connectivity index (χ1n) is 7.07. The van der Waals surface area contributed by atoms with Crippen LogP contribution < -0.4 is 0 Å². The molecule has 0 radical (unpaired) electrons. The van der Waals surface area contributed by atoms with E-state index in [4.69, 9.17) is 10.3 Å². The van der Waals surface area contributed by atoms with Crippen molar-refractivity contribution in [2.24, 2.45) is 5.11 Å². The molecule has 1 amide bonds. The van der Waals surface area contributed by atoms with Crippen molar-refractivity contribution in [3.8, 4) is 0 Å². The monoisotopic (exact) mass is 357 g/mol. The standard InChI is InChI=1S/C15H17F2N3O3S/c1-5-11(14(22)23-15(2,3)4)24-12-6-8(13(21)19-20-18)9(16)7-10(12)17/h6-7,11H,5H2,1-4H3. The van der Waals surface area contributed by atoms with Gasteiger partial charge in [-0.15, -0.1) is 11.8 Å². The normalized spacial score (nSPS) is 12.2. The SMILES string of the molecule is CCC(Sc1cc(C(=O)N=[N+]=[N-])c(F)cc1F)C(=O)OC(C)(C)C. The van der Waals surface area contributed by atoms with E-state index in [-0.39, 0.29) is 4.90 Å². The van der Waals surface area contributed by atoms with Gasteiger partial charge in [-0.3, -0.25) is 9.59 Å². The summed E-state index contributed by atoms with van der Waals surface area (Å²) in [5, 5.41) is 2.06. The third-order valence-electron chi connectivity index (χ3n) is 2.70. The van der Waals surface area contributed by atoms with Gasteiger partial charge in [-0.1, -0.05) is 6.92 Å². The minimum Gasteiger partial charge on any atom is -0.459 e. The van der Waals surface area contributed by atoms with Crippen molar-refractivity contribution in [2.75, 3.05) is 0 Å². The smallest absolute Gasteiger partial charge is 0.319 e. The summed E-state index contributed by atoms with van der Waals surface area (Å²) in [6, 6.07) is 1.45. The number of halogens is 2. The first-order valence-corrected chi connectivity index (χ1v) is 7.95. The molecule has 0 spiro atoms. The zero-order valence-electron chi connectivity index (χ0n) is 13.7. The van der Waals surface area contributed by atoms with E-state index in [1.165, 1.54) is 0 Å². The first-order chi connectivity index (χ1) is 11.1. The summed E-state index contributed by atoms with van der Waals surface area (Å²) >= 11 is 0.819. The quantitative estimate of drug-likeness (QED) is 0.252. The van der Waals surface area contributed by atoms with Gasteiger partial charge in [-0.2, -0.15) is 0 Å². The van der Waals surface area contributed by atoms with Crippen LogP contribution in [0, 0.1) is 11.6 Å². The molecule has 1 aromatic carbocycles. The van der Waals surface area contributed by atoms with Crippen molar-refractivity contribution >= 4 is 23.6 Å². The minimum atomic E-state index is -1.16. The molecule has 1 unspecified atom stereocenters. The molecule has 0 aromatic heterocycles. The van der Waals surface area contributed by atoms with Crippen LogP contribution in [0.5, 0.6) is 0 Å². The Kier molecular flexibility index (Phi) is 6.74. The fourth-order valence-corrected chi connectivity index (χ4v) is 2.67. The molecule has 0 fully saturated rings. The second kappa shape index (κ2) is 8.12. The second-order valence-corrected chi connectivity index (χ2v) is 7.05. The topological polar surface area (TPSA) is 92.1 Å². The lowest BCUT2D eigenvalue weighted by atomic mass is 10.2. The van der Waals surface area contributed by atoms with Crippen LogP contribution in [-0.4, -0.2) is 22.7 Å². The molecule has 0 aliphatic carbocycles. The predicted molar refractivity (Wildman–Crippen MR) is 85.6 cm³/mol. The van der Waals surface area contributed by atoms with Crippen LogP contribution in [0.25, 0.3) is 10.4 Å². The molecular weight excluding hydrogens is 340 g/mol. The molecule has 9 heteroatoms. The van der Waals surface area contributed by atoms with E-state index in [1.54, 1.807) is 27.7 Å². The Morgan fingerprint density at radius 3 is 2.46 bits per heavy atom. The Hall–Kier alpha value is -2.12. The van der Waals surface area contributed by atoms with Crippen molar-refractivity contribution in [2.45, 2.75) is 49.9 Å². The van der Waals surface area contributed by atoms with Crippen molar-refractivity contribution < 1.29 is 23.1 Å². The maximum atomic E-state index is 14.0. The third kappa shape index (κ3) is 5.50. The molecule has 1 atom stereocenters.